The van der Waals surface area contributed by atoms with E-state index in [4.69, 9.17) is 0 Å². The van der Waals surface area contributed by atoms with Crippen molar-refractivity contribution in [3.63, 3.8) is 0 Å². The van der Waals surface area contributed by atoms with E-state index in [1.165, 1.54) is 7.11 Å². The first-order chi connectivity index (χ1) is 11.2. The van der Waals surface area contributed by atoms with Crippen LogP contribution in [0.15, 0.2) is 54.6 Å². The van der Waals surface area contributed by atoms with Gasteiger partial charge in [-0.1, -0.05) is 42.5 Å². The minimum Gasteiger partial charge on any atom is -0.465 e. The lowest BCUT2D eigenvalue weighted by atomic mass is 9.72. The SMILES string of the molecule is COC(=O)c1ccc([C@@](C=O)(CCCF)c2ccccc2)cc1. The van der Waals surface area contributed by atoms with Crippen LogP contribution in [-0.2, 0) is 14.9 Å². The van der Waals surface area contributed by atoms with Gasteiger partial charge in [0, 0.05) is 0 Å². The minimum absolute atomic E-state index is 0.284. The van der Waals surface area contributed by atoms with Gasteiger partial charge in [0.1, 0.15) is 6.29 Å². The molecule has 0 N–H and O–H groups in total. The Labute approximate surface area is 135 Å². The Bertz CT molecular complexity index is 652. The molecule has 2 aromatic rings. The molecule has 0 saturated heterocycles. The van der Waals surface area contributed by atoms with E-state index in [1.54, 1.807) is 24.3 Å². The molecule has 2 rings (SSSR count). The van der Waals surface area contributed by atoms with Crippen LogP contribution in [0.25, 0.3) is 0 Å². The number of carbonyl (C=O) groups excluding carboxylic acids is 2. The molecule has 0 heterocycles. The molecule has 0 aliphatic carbocycles. The van der Waals surface area contributed by atoms with Gasteiger partial charge < -0.3 is 9.53 Å². The molecule has 4 heteroatoms. The largest absolute Gasteiger partial charge is 0.465 e. The quantitative estimate of drug-likeness (QED) is 0.578. The summed E-state index contributed by atoms with van der Waals surface area (Å²) in [5.74, 6) is -0.434. The fourth-order valence-electron chi connectivity index (χ4n) is 2.75. The number of rotatable bonds is 7. The van der Waals surface area contributed by atoms with Crippen LogP contribution in [-0.4, -0.2) is 26.0 Å². The average molecular weight is 314 g/mol. The third-order valence-corrected chi connectivity index (χ3v) is 4.02. The average Bonchev–Trinajstić information content (AvgIpc) is 2.63. The Kier molecular flexibility index (Phi) is 5.63. The predicted molar refractivity (Wildman–Crippen MR) is 86.3 cm³/mol. The third kappa shape index (κ3) is 3.47. The van der Waals surface area contributed by atoms with Gasteiger partial charge in [-0.15, -0.1) is 0 Å². The second kappa shape index (κ2) is 7.68. The second-order valence-corrected chi connectivity index (χ2v) is 5.32. The van der Waals surface area contributed by atoms with E-state index in [1.807, 2.05) is 30.3 Å². The maximum absolute atomic E-state index is 12.7. The molecule has 0 aliphatic rings. The van der Waals surface area contributed by atoms with Crippen LogP contribution in [0, 0.1) is 0 Å². The summed E-state index contributed by atoms with van der Waals surface area (Å²) in [6.45, 7) is -0.483. The molecule has 3 nitrogen and oxygen atoms in total. The second-order valence-electron chi connectivity index (χ2n) is 5.32. The van der Waals surface area contributed by atoms with E-state index >= 15 is 0 Å². The molecule has 0 amide bonds. The highest BCUT2D eigenvalue weighted by Crippen LogP contribution is 2.35. The van der Waals surface area contributed by atoms with E-state index in [0.717, 1.165) is 17.4 Å². The minimum atomic E-state index is -0.915. The number of esters is 1. The molecule has 0 spiro atoms. The summed E-state index contributed by atoms with van der Waals surface area (Å²) < 4.78 is 17.4. The number of alkyl halides is 1. The van der Waals surface area contributed by atoms with Gasteiger partial charge in [-0.25, -0.2) is 4.79 Å². The van der Waals surface area contributed by atoms with Crippen LogP contribution in [0.5, 0.6) is 0 Å². The molecule has 2 aromatic carbocycles. The monoisotopic (exact) mass is 314 g/mol. The zero-order chi connectivity index (χ0) is 16.7. The lowest BCUT2D eigenvalue weighted by molar-refractivity contribution is -0.111. The number of benzene rings is 2. The molecule has 120 valence electrons. The number of aldehydes is 1. The van der Waals surface area contributed by atoms with Crippen LogP contribution in [0.4, 0.5) is 4.39 Å². The lowest BCUT2D eigenvalue weighted by Crippen LogP contribution is -2.30. The zero-order valence-electron chi connectivity index (χ0n) is 13.0. The normalized spacial score (nSPS) is 13.1. The van der Waals surface area contributed by atoms with Crippen molar-refractivity contribution in [2.75, 3.05) is 13.8 Å². The maximum Gasteiger partial charge on any atom is 0.337 e. The van der Waals surface area contributed by atoms with Crippen LogP contribution >= 0.6 is 0 Å². The highest BCUT2D eigenvalue weighted by Gasteiger charge is 2.33. The first-order valence-electron chi connectivity index (χ1n) is 7.44. The van der Waals surface area contributed by atoms with Crippen molar-refractivity contribution < 1.29 is 18.7 Å². The van der Waals surface area contributed by atoms with E-state index in [-0.39, 0.29) is 6.42 Å². The molecule has 1 atom stereocenters. The highest BCUT2D eigenvalue weighted by atomic mass is 19.1. The summed E-state index contributed by atoms with van der Waals surface area (Å²) in [6, 6.07) is 16.0. The lowest BCUT2D eigenvalue weighted by Gasteiger charge is -2.29. The van der Waals surface area contributed by atoms with E-state index in [2.05, 4.69) is 4.74 Å². The summed E-state index contributed by atoms with van der Waals surface area (Å²) in [7, 11) is 1.32. The number of carbonyl (C=O) groups is 2. The Balaban J connectivity index is 2.48. The van der Waals surface area contributed by atoms with Crippen molar-refractivity contribution in [2.24, 2.45) is 0 Å². The maximum atomic E-state index is 12.7. The van der Waals surface area contributed by atoms with Crippen LogP contribution in [0.2, 0.25) is 0 Å². The summed E-state index contributed by atoms with van der Waals surface area (Å²) in [6.07, 6.45) is 1.52. The molecular formula is C19H19FO3. The molecule has 0 radical (unpaired) electrons. The van der Waals surface area contributed by atoms with Crippen molar-refractivity contribution in [1.29, 1.82) is 0 Å². The van der Waals surface area contributed by atoms with Gasteiger partial charge in [0.15, 0.2) is 0 Å². The number of ether oxygens (including phenoxy) is 1. The van der Waals surface area contributed by atoms with Crippen molar-refractivity contribution in [3.05, 3.63) is 71.3 Å². The van der Waals surface area contributed by atoms with Gasteiger partial charge in [-0.2, -0.15) is 0 Å². The molecule has 0 aliphatic heterocycles. The molecule has 0 unspecified atom stereocenters. The zero-order valence-corrected chi connectivity index (χ0v) is 13.0. The standard InChI is InChI=1S/C19H19FO3/c1-23-18(22)15-8-10-17(11-9-15)19(14-21,12-5-13-20)16-6-3-2-4-7-16/h2-4,6-11,14H,5,12-13H2,1H3/t19-/m1/s1. The topological polar surface area (TPSA) is 43.4 Å². The summed E-state index contributed by atoms with van der Waals surface area (Å²) in [4.78, 5) is 23.5. The first kappa shape index (κ1) is 16.9. The van der Waals surface area contributed by atoms with Crippen molar-refractivity contribution >= 4 is 12.3 Å². The van der Waals surface area contributed by atoms with Crippen LogP contribution in [0.3, 0.4) is 0 Å². The predicted octanol–water partition coefficient (Wildman–Crippen LogP) is 3.71. The summed E-state index contributed by atoms with van der Waals surface area (Å²) in [5, 5.41) is 0. The number of methoxy groups -OCH3 is 1. The summed E-state index contributed by atoms with van der Waals surface area (Å²) in [5.41, 5.74) is 1.05. The first-order valence-corrected chi connectivity index (χ1v) is 7.44. The van der Waals surface area contributed by atoms with E-state index in [0.29, 0.717) is 12.0 Å². The number of hydrogen-bond acceptors (Lipinski definition) is 3. The van der Waals surface area contributed by atoms with Crippen LogP contribution < -0.4 is 0 Å². The third-order valence-electron chi connectivity index (χ3n) is 4.02. The van der Waals surface area contributed by atoms with E-state index in [9.17, 15) is 14.0 Å². The molecule has 23 heavy (non-hydrogen) atoms. The molecule has 0 aromatic heterocycles. The van der Waals surface area contributed by atoms with Crippen LogP contribution in [0.1, 0.15) is 34.3 Å². The van der Waals surface area contributed by atoms with Gasteiger partial charge in [0.25, 0.3) is 0 Å². The Morgan fingerprint density at radius 1 is 1.09 bits per heavy atom. The fourth-order valence-corrected chi connectivity index (χ4v) is 2.75. The van der Waals surface area contributed by atoms with Crippen molar-refractivity contribution in [1.82, 2.24) is 0 Å². The smallest absolute Gasteiger partial charge is 0.337 e. The molecule has 0 saturated carbocycles. The molecular weight excluding hydrogens is 295 g/mol. The summed E-state index contributed by atoms with van der Waals surface area (Å²) >= 11 is 0. The molecule has 0 fully saturated rings. The van der Waals surface area contributed by atoms with Gasteiger partial charge in [-0.3, -0.25) is 4.39 Å². The van der Waals surface area contributed by atoms with Gasteiger partial charge in [0.2, 0.25) is 0 Å². The van der Waals surface area contributed by atoms with Gasteiger partial charge >= 0.3 is 5.97 Å². The Hall–Kier alpha value is -2.49. The highest BCUT2D eigenvalue weighted by molar-refractivity contribution is 5.89. The van der Waals surface area contributed by atoms with Gasteiger partial charge in [-0.05, 0) is 36.1 Å². The van der Waals surface area contributed by atoms with Crippen molar-refractivity contribution in [2.45, 2.75) is 18.3 Å². The molecule has 0 bridgehead atoms. The van der Waals surface area contributed by atoms with E-state index < -0.39 is 18.1 Å². The van der Waals surface area contributed by atoms with Crippen molar-refractivity contribution in [3.8, 4) is 0 Å². The Morgan fingerprint density at radius 2 is 1.70 bits per heavy atom. The number of hydrogen-bond donors (Lipinski definition) is 0. The Morgan fingerprint density at radius 3 is 2.22 bits per heavy atom. The van der Waals surface area contributed by atoms with Gasteiger partial charge in [0.05, 0.1) is 24.8 Å². The fraction of sp³-hybridized carbons (Fsp3) is 0.263. The number of halogens is 1.